The molecule has 1 saturated heterocycles. The van der Waals surface area contributed by atoms with E-state index in [1.54, 1.807) is 23.1 Å². The first-order valence-electron chi connectivity index (χ1n) is 8.83. The lowest BCUT2D eigenvalue weighted by molar-refractivity contribution is 0.0708. The van der Waals surface area contributed by atoms with Gasteiger partial charge in [-0.05, 0) is 43.0 Å². The van der Waals surface area contributed by atoms with Crippen molar-refractivity contribution in [3.63, 3.8) is 0 Å². The molecule has 1 aromatic carbocycles. The van der Waals surface area contributed by atoms with Crippen LogP contribution >= 0.6 is 0 Å². The Bertz CT molecular complexity index is 725. The van der Waals surface area contributed by atoms with Crippen LogP contribution in [0.15, 0.2) is 36.5 Å². The summed E-state index contributed by atoms with van der Waals surface area (Å²) in [6, 6.07) is 7.84. The van der Waals surface area contributed by atoms with Crippen molar-refractivity contribution < 1.29 is 14.3 Å². The summed E-state index contributed by atoms with van der Waals surface area (Å²) in [5.41, 5.74) is 1.21. The molecule has 0 radical (unpaired) electrons. The number of likely N-dealkylation sites (tertiary alicyclic amines) is 1. The van der Waals surface area contributed by atoms with Crippen LogP contribution in [0.5, 0.6) is 0 Å². The SMILES string of the molecule is CCC(CC)n1ccc(C(=O)N2CC(O)CC2c2ccc(F)cc2)n1. The van der Waals surface area contributed by atoms with Crippen LogP contribution in [0.3, 0.4) is 0 Å². The monoisotopic (exact) mass is 345 g/mol. The Morgan fingerprint density at radius 1 is 1.28 bits per heavy atom. The predicted molar refractivity (Wildman–Crippen MR) is 92.6 cm³/mol. The maximum atomic E-state index is 13.2. The first-order valence-corrected chi connectivity index (χ1v) is 8.83. The third-order valence-electron chi connectivity index (χ3n) is 4.94. The van der Waals surface area contributed by atoms with Crippen molar-refractivity contribution in [2.45, 2.75) is 51.3 Å². The minimum absolute atomic E-state index is 0.199. The molecule has 134 valence electrons. The van der Waals surface area contributed by atoms with Gasteiger partial charge in [0.2, 0.25) is 0 Å². The van der Waals surface area contributed by atoms with Crippen LogP contribution in [0.4, 0.5) is 4.39 Å². The molecule has 2 unspecified atom stereocenters. The summed E-state index contributed by atoms with van der Waals surface area (Å²) in [7, 11) is 0. The van der Waals surface area contributed by atoms with E-state index >= 15 is 0 Å². The lowest BCUT2D eigenvalue weighted by atomic mass is 10.0. The van der Waals surface area contributed by atoms with E-state index in [0.29, 0.717) is 12.1 Å². The number of rotatable bonds is 5. The van der Waals surface area contributed by atoms with E-state index in [2.05, 4.69) is 18.9 Å². The van der Waals surface area contributed by atoms with E-state index in [1.807, 2.05) is 10.9 Å². The lowest BCUT2D eigenvalue weighted by Crippen LogP contribution is -2.32. The van der Waals surface area contributed by atoms with E-state index < -0.39 is 6.10 Å². The molecule has 1 fully saturated rings. The summed E-state index contributed by atoms with van der Waals surface area (Å²) in [4.78, 5) is 14.6. The third-order valence-corrected chi connectivity index (χ3v) is 4.94. The molecule has 2 atom stereocenters. The van der Waals surface area contributed by atoms with Crippen molar-refractivity contribution in [1.82, 2.24) is 14.7 Å². The maximum absolute atomic E-state index is 13.2. The Labute approximate surface area is 147 Å². The predicted octanol–water partition coefficient (Wildman–Crippen LogP) is 3.33. The summed E-state index contributed by atoms with van der Waals surface area (Å²) in [5, 5.41) is 14.5. The van der Waals surface area contributed by atoms with Gasteiger partial charge in [0.15, 0.2) is 0 Å². The van der Waals surface area contributed by atoms with E-state index in [9.17, 15) is 14.3 Å². The molecule has 6 heteroatoms. The van der Waals surface area contributed by atoms with Crippen LogP contribution in [0, 0.1) is 5.82 Å². The lowest BCUT2D eigenvalue weighted by Gasteiger charge is -2.24. The molecule has 1 aliphatic heterocycles. The summed E-state index contributed by atoms with van der Waals surface area (Å²) >= 11 is 0. The maximum Gasteiger partial charge on any atom is 0.274 e. The summed E-state index contributed by atoms with van der Waals surface area (Å²) in [6.07, 6.45) is 3.61. The minimum Gasteiger partial charge on any atom is -0.391 e. The van der Waals surface area contributed by atoms with E-state index in [-0.39, 0.29) is 30.4 Å². The second-order valence-electron chi connectivity index (χ2n) is 6.57. The van der Waals surface area contributed by atoms with Crippen molar-refractivity contribution in [2.24, 2.45) is 0 Å². The quantitative estimate of drug-likeness (QED) is 0.904. The number of halogens is 1. The number of aromatic nitrogens is 2. The van der Waals surface area contributed by atoms with Crippen molar-refractivity contribution in [3.8, 4) is 0 Å². The van der Waals surface area contributed by atoms with Crippen molar-refractivity contribution in [2.75, 3.05) is 6.54 Å². The van der Waals surface area contributed by atoms with Gasteiger partial charge in [-0.25, -0.2) is 4.39 Å². The fraction of sp³-hybridized carbons (Fsp3) is 0.474. The normalized spacial score (nSPS) is 20.4. The Balaban J connectivity index is 1.83. The van der Waals surface area contributed by atoms with Gasteiger partial charge in [0.05, 0.1) is 18.2 Å². The van der Waals surface area contributed by atoms with Gasteiger partial charge in [-0.2, -0.15) is 5.10 Å². The number of β-amino-alcohol motifs (C(OH)–C–C–N with tert-alkyl or cyclic N) is 1. The molecule has 1 aliphatic rings. The zero-order valence-corrected chi connectivity index (χ0v) is 14.6. The molecule has 25 heavy (non-hydrogen) atoms. The number of hydrogen-bond donors (Lipinski definition) is 1. The topological polar surface area (TPSA) is 58.4 Å². The Morgan fingerprint density at radius 2 is 1.96 bits per heavy atom. The van der Waals surface area contributed by atoms with Gasteiger partial charge < -0.3 is 10.0 Å². The molecule has 2 aromatic rings. The molecule has 1 aromatic heterocycles. The van der Waals surface area contributed by atoms with Gasteiger partial charge in [-0.15, -0.1) is 0 Å². The number of carbonyl (C=O) groups excluding carboxylic acids is 1. The van der Waals surface area contributed by atoms with Crippen LogP contribution in [0.2, 0.25) is 0 Å². The van der Waals surface area contributed by atoms with Crippen molar-refractivity contribution in [1.29, 1.82) is 0 Å². The molecule has 2 heterocycles. The second-order valence-corrected chi connectivity index (χ2v) is 6.57. The second kappa shape index (κ2) is 7.35. The summed E-state index contributed by atoms with van der Waals surface area (Å²) in [5.74, 6) is -0.514. The number of amides is 1. The van der Waals surface area contributed by atoms with E-state index in [1.165, 1.54) is 12.1 Å². The highest BCUT2D eigenvalue weighted by molar-refractivity contribution is 5.92. The number of nitrogens with zero attached hydrogens (tertiary/aromatic N) is 3. The first-order chi connectivity index (χ1) is 12.0. The van der Waals surface area contributed by atoms with E-state index in [4.69, 9.17) is 0 Å². The van der Waals surface area contributed by atoms with Gasteiger partial charge >= 0.3 is 0 Å². The largest absolute Gasteiger partial charge is 0.391 e. The zero-order chi connectivity index (χ0) is 18.0. The van der Waals surface area contributed by atoms with Crippen LogP contribution < -0.4 is 0 Å². The fourth-order valence-corrected chi connectivity index (χ4v) is 3.50. The third kappa shape index (κ3) is 3.58. The average Bonchev–Trinajstić information content (AvgIpc) is 3.23. The number of aliphatic hydroxyl groups excluding tert-OH is 1. The van der Waals surface area contributed by atoms with Gasteiger partial charge in [0.1, 0.15) is 11.5 Å². The Kier molecular flexibility index (Phi) is 5.18. The highest BCUT2D eigenvalue weighted by Crippen LogP contribution is 2.33. The molecule has 0 spiro atoms. The van der Waals surface area contributed by atoms with Crippen molar-refractivity contribution >= 4 is 5.91 Å². The van der Waals surface area contributed by atoms with Gasteiger partial charge in [-0.3, -0.25) is 9.48 Å². The van der Waals surface area contributed by atoms with Crippen molar-refractivity contribution in [3.05, 3.63) is 53.6 Å². The first kappa shape index (κ1) is 17.6. The molecule has 1 amide bonds. The summed E-state index contributed by atoms with van der Waals surface area (Å²) in [6.45, 7) is 4.45. The Hall–Kier alpha value is -2.21. The fourth-order valence-electron chi connectivity index (χ4n) is 3.50. The number of carbonyl (C=O) groups is 1. The molecule has 0 saturated carbocycles. The van der Waals surface area contributed by atoms with Gasteiger partial charge in [0, 0.05) is 12.7 Å². The number of benzene rings is 1. The molecule has 3 rings (SSSR count). The number of aliphatic hydroxyl groups is 1. The molecule has 1 N–H and O–H groups in total. The van der Waals surface area contributed by atoms with Crippen LogP contribution in [0.1, 0.15) is 61.2 Å². The Morgan fingerprint density at radius 3 is 2.60 bits per heavy atom. The summed E-state index contributed by atoms with van der Waals surface area (Å²) < 4.78 is 15.0. The van der Waals surface area contributed by atoms with Gasteiger partial charge in [-0.1, -0.05) is 26.0 Å². The highest BCUT2D eigenvalue weighted by Gasteiger charge is 2.36. The van der Waals surface area contributed by atoms with Crippen LogP contribution in [-0.4, -0.2) is 38.3 Å². The minimum atomic E-state index is -0.583. The van der Waals surface area contributed by atoms with Crippen LogP contribution in [0.25, 0.3) is 0 Å². The standard InChI is InChI=1S/C19H24FN3O2/c1-3-15(4-2)23-10-9-17(21-23)19(25)22-12-16(24)11-18(22)13-5-7-14(20)8-6-13/h5-10,15-16,18,24H,3-4,11-12H2,1-2H3. The number of hydrogen-bond acceptors (Lipinski definition) is 3. The molecule has 0 aliphatic carbocycles. The smallest absolute Gasteiger partial charge is 0.274 e. The molecular weight excluding hydrogens is 321 g/mol. The molecular formula is C19H24FN3O2. The highest BCUT2D eigenvalue weighted by atomic mass is 19.1. The van der Waals surface area contributed by atoms with Gasteiger partial charge in [0.25, 0.3) is 5.91 Å². The van der Waals surface area contributed by atoms with E-state index in [0.717, 1.165) is 18.4 Å². The zero-order valence-electron chi connectivity index (χ0n) is 14.6. The molecule has 5 nitrogen and oxygen atoms in total. The average molecular weight is 345 g/mol. The molecule has 0 bridgehead atoms. The van der Waals surface area contributed by atoms with Crippen LogP contribution in [-0.2, 0) is 0 Å².